The van der Waals surface area contributed by atoms with E-state index in [-0.39, 0.29) is 0 Å². The Morgan fingerprint density at radius 3 is 2.88 bits per heavy atom. The number of nitrogens with one attached hydrogen (secondary N) is 2. The minimum absolute atomic E-state index is 0.425. The highest BCUT2D eigenvalue weighted by Gasteiger charge is 2.23. The number of rotatable bonds is 7. The summed E-state index contributed by atoms with van der Waals surface area (Å²) in [6, 6.07) is 13.0. The van der Waals surface area contributed by atoms with Crippen molar-refractivity contribution in [1.29, 1.82) is 0 Å². The zero-order valence-corrected chi connectivity index (χ0v) is 15.8. The first-order valence-electron chi connectivity index (χ1n) is 9.57. The van der Waals surface area contributed by atoms with Gasteiger partial charge in [-0.05, 0) is 37.5 Å². The lowest BCUT2D eigenvalue weighted by atomic mass is 10.2. The van der Waals surface area contributed by atoms with Crippen molar-refractivity contribution in [1.82, 2.24) is 20.4 Å². The van der Waals surface area contributed by atoms with E-state index in [2.05, 4.69) is 64.8 Å². The SMILES string of the molecule is CCNC(=NCC(C)Cn1cccn1)NC1CCN(c2ccccc2)C1. The molecule has 0 amide bonds. The monoisotopic (exact) mass is 354 g/mol. The average molecular weight is 355 g/mol. The fraction of sp³-hybridized carbons (Fsp3) is 0.500. The third kappa shape index (κ3) is 5.25. The molecule has 6 nitrogen and oxygen atoms in total. The molecule has 3 rings (SSSR count). The van der Waals surface area contributed by atoms with Crippen LogP contribution in [0, 0.1) is 5.92 Å². The number of aromatic nitrogens is 2. The Hall–Kier alpha value is -2.50. The number of hydrogen-bond acceptors (Lipinski definition) is 3. The fourth-order valence-electron chi connectivity index (χ4n) is 3.30. The van der Waals surface area contributed by atoms with Crippen molar-refractivity contribution >= 4 is 11.6 Å². The second-order valence-electron chi connectivity index (χ2n) is 6.96. The molecule has 26 heavy (non-hydrogen) atoms. The van der Waals surface area contributed by atoms with Crippen LogP contribution < -0.4 is 15.5 Å². The third-order valence-electron chi connectivity index (χ3n) is 4.61. The van der Waals surface area contributed by atoms with Gasteiger partial charge in [-0.25, -0.2) is 0 Å². The van der Waals surface area contributed by atoms with E-state index in [4.69, 9.17) is 4.99 Å². The van der Waals surface area contributed by atoms with E-state index >= 15 is 0 Å². The van der Waals surface area contributed by atoms with Crippen LogP contribution in [0.15, 0.2) is 53.8 Å². The maximum Gasteiger partial charge on any atom is 0.191 e. The Bertz CT molecular complexity index is 667. The van der Waals surface area contributed by atoms with Crippen LogP contribution in [0.5, 0.6) is 0 Å². The molecular formula is C20H30N6. The summed E-state index contributed by atoms with van der Waals surface area (Å²) in [5.41, 5.74) is 1.30. The van der Waals surface area contributed by atoms with Gasteiger partial charge in [0.05, 0.1) is 0 Å². The van der Waals surface area contributed by atoms with Gasteiger partial charge >= 0.3 is 0 Å². The van der Waals surface area contributed by atoms with E-state index in [1.807, 2.05) is 23.1 Å². The van der Waals surface area contributed by atoms with Crippen molar-refractivity contribution in [3.63, 3.8) is 0 Å². The predicted octanol–water partition coefficient (Wildman–Crippen LogP) is 2.35. The number of anilines is 1. The molecule has 1 aromatic heterocycles. The van der Waals surface area contributed by atoms with E-state index in [1.165, 1.54) is 5.69 Å². The number of guanidine groups is 1. The van der Waals surface area contributed by atoms with Crippen LogP contribution >= 0.6 is 0 Å². The van der Waals surface area contributed by atoms with Gasteiger partial charge in [0.2, 0.25) is 0 Å². The Morgan fingerprint density at radius 1 is 1.31 bits per heavy atom. The van der Waals surface area contributed by atoms with Crippen LogP contribution in [0.1, 0.15) is 20.3 Å². The van der Waals surface area contributed by atoms with Gasteiger partial charge in [0, 0.05) is 56.8 Å². The van der Waals surface area contributed by atoms with Crippen molar-refractivity contribution in [3.05, 3.63) is 48.8 Å². The summed E-state index contributed by atoms with van der Waals surface area (Å²) in [4.78, 5) is 7.22. The Labute approximate surface area is 156 Å². The van der Waals surface area contributed by atoms with E-state index < -0.39 is 0 Å². The molecule has 0 saturated carbocycles. The minimum atomic E-state index is 0.425. The highest BCUT2D eigenvalue weighted by molar-refractivity contribution is 5.80. The summed E-state index contributed by atoms with van der Waals surface area (Å²) >= 11 is 0. The molecule has 1 saturated heterocycles. The molecule has 2 heterocycles. The molecule has 1 aliphatic heterocycles. The van der Waals surface area contributed by atoms with Crippen LogP contribution in [0.3, 0.4) is 0 Å². The summed E-state index contributed by atoms with van der Waals surface area (Å²) in [5.74, 6) is 1.36. The van der Waals surface area contributed by atoms with Crippen LogP contribution in [0.25, 0.3) is 0 Å². The van der Waals surface area contributed by atoms with Crippen molar-refractivity contribution < 1.29 is 0 Å². The molecule has 0 spiro atoms. The summed E-state index contributed by atoms with van der Waals surface area (Å²) < 4.78 is 1.97. The summed E-state index contributed by atoms with van der Waals surface area (Å²) in [6.07, 6.45) is 4.95. The maximum absolute atomic E-state index is 4.79. The van der Waals surface area contributed by atoms with Crippen LogP contribution in [-0.2, 0) is 6.54 Å². The van der Waals surface area contributed by atoms with E-state index in [1.54, 1.807) is 0 Å². The number of hydrogen-bond donors (Lipinski definition) is 2. The topological polar surface area (TPSA) is 57.5 Å². The summed E-state index contributed by atoms with van der Waals surface area (Å²) in [5, 5.41) is 11.3. The first-order chi connectivity index (χ1) is 12.7. The van der Waals surface area contributed by atoms with E-state index in [9.17, 15) is 0 Å². The molecule has 0 radical (unpaired) electrons. The molecule has 2 aromatic rings. The maximum atomic E-state index is 4.79. The first kappa shape index (κ1) is 18.3. The van der Waals surface area contributed by atoms with Gasteiger partial charge in [0.15, 0.2) is 5.96 Å². The van der Waals surface area contributed by atoms with Crippen LogP contribution in [-0.4, -0.2) is 48.0 Å². The number of aliphatic imine (C=N–C) groups is 1. The number of para-hydroxylation sites is 1. The van der Waals surface area contributed by atoms with E-state index in [0.29, 0.717) is 12.0 Å². The van der Waals surface area contributed by atoms with Gasteiger partial charge in [-0.3, -0.25) is 9.67 Å². The Kier molecular flexibility index (Phi) is 6.52. The van der Waals surface area contributed by atoms with Crippen LogP contribution in [0.4, 0.5) is 5.69 Å². The zero-order valence-electron chi connectivity index (χ0n) is 15.8. The van der Waals surface area contributed by atoms with Gasteiger partial charge in [-0.15, -0.1) is 0 Å². The standard InChI is InChI=1S/C20H30N6/c1-3-21-20(22-14-17(2)15-26-12-7-11-23-26)24-18-10-13-25(16-18)19-8-5-4-6-9-19/h4-9,11-12,17-18H,3,10,13-16H2,1-2H3,(H2,21,22,24). The smallest absolute Gasteiger partial charge is 0.191 e. The second kappa shape index (κ2) is 9.27. The van der Waals surface area contributed by atoms with E-state index in [0.717, 1.165) is 45.1 Å². The van der Waals surface area contributed by atoms with Gasteiger partial charge < -0.3 is 15.5 Å². The second-order valence-corrected chi connectivity index (χ2v) is 6.96. The Balaban J connectivity index is 1.51. The van der Waals surface area contributed by atoms with Gasteiger partial charge in [0.1, 0.15) is 0 Å². The lowest BCUT2D eigenvalue weighted by Crippen LogP contribution is -2.44. The molecule has 0 bridgehead atoms. The fourth-order valence-corrected chi connectivity index (χ4v) is 3.30. The minimum Gasteiger partial charge on any atom is -0.369 e. The van der Waals surface area contributed by atoms with Crippen molar-refractivity contribution in [2.45, 2.75) is 32.9 Å². The zero-order chi connectivity index (χ0) is 18.2. The molecule has 1 fully saturated rings. The predicted molar refractivity (Wildman–Crippen MR) is 108 cm³/mol. The van der Waals surface area contributed by atoms with Crippen molar-refractivity contribution in [2.75, 3.05) is 31.1 Å². The molecule has 1 aliphatic rings. The largest absolute Gasteiger partial charge is 0.369 e. The summed E-state index contributed by atoms with van der Waals surface area (Å²) in [6.45, 7) is 8.95. The Morgan fingerprint density at radius 2 is 2.15 bits per heavy atom. The molecular weight excluding hydrogens is 324 g/mol. The number of nitrogens with zero attached hydrogens (tertiary/aromatic N) is 4. The number of benzene rings is 1. The van der Waals surface area contributed by atoms with Gasteiger partial charge in [-0.1, -0.05) is 25.1 Å². The summed E-state index contributed by atoms with van der Waals surface area (Å²) in [7, 11) is 0. The van der Waals surface area contributed by atoms with Crippen LogP contribution in [0.2, 0.25) is 0 Å². The van der Waals surface area contributed by atoms with Crippen molar-refractivity contribution in [2.24, 2.45) is 10.9 Å². The molecule has 6 heteroatoms. The molecule has 1 aromatic carbocycles. The average Bonchev–Trinajstić information content (AvgIpc) is 3.33. The molecule has 2 atom stereocenters. The van der Waals surface area contributed by atoms with Gasteiger partial charge in [-0.2, -0.15) is 5.10 Å². The quantitative estimate of drug-likeness (QED) is 0.592. The lowest BCUT2D eigenvalue weighted by molar-refractivity contribution is 0.457. The van der Waals surface area contributed by atoms with Crippen molar-refractivity contribution in [3.8, 4) is 0 Å². The first-order valence-corrected chi connectivity index (χ1v) is 9.57. The third-order valence-corrected chi connectivity index (χ3v) is 4.61. The van der Waals surface area contributed by atoms with Gasteiger partial charge in [0.25, 0.3) is 0 Å². The highest BCUT2D eigenvalue weighted by Crippen LogP contribution is 2.19. The molecule has 140 valence electrons. The molecule has 2 unspecified atom stereocenters. The lowest BCUT2D eigenvalue weighted by Gasteiger charge is -2.20. The highest BCUT2D eigenvalue weighted by atomic mass is 15.3. The molecule has 0 aliphatic carbocycles. The normalized spacial score (nSPS) is 18.8. The molecule has 2 N–H and O–H groups in total.